The maximum absolute atomic E-state index is 13.3. The summed E-state index contributed by atoms with van der Waals surface area (Å²) in [7, 11) is 1.58. The minimum atomic E-state index is -0.780. The Bertz CT molecular complexity index is 1340. The van der Waals surface area contributed by atoms with E-state index < -0.39 is 17.7 Å². The molecule has 1 amide bonds. The predicted molar refractivity (Wildman–Crippen MR) is 129 cm³/mol. The lowest BCUT2D eigenvalue weighted by atomic mass is 9.94. The molecule has 0 aromatic heterocycles. The number of aliphatic hydroxyl groups is 1. The molecule has 2 aliphatic heterocycles. The minimum Gasteiger partial charge on any atom is -0.507 e. The number of rotatable bonds is 4. The number of ketones is 1. The topological polar surface area (TPSA) is 76.1 Å². The van der Waals surface area contributed by atoms with Crippen LogP contribution in [0, 0.1) is 13.8 Å². The van der Waals surface area contributed by atoms with Crippen molar-refractivity contribution >= 4 is 23.1 Å². The smallest absolute Gasteiger partial charge is 0.300 e. The van der Waals surface area contributed by atoms with Gasteiger partial charge in [-0.25, -0.2) is 0 Å². The molecule has 1 fully saturated rings. The van der Waals surface area contributed by atoms with Gasteiger partial charge in [0.25, 0.3) is 11.7 Å². The van der Waals surface area contributed by atoms with E-state index in [0.717, 1.165) is 28.9 Å². The second-order valence-corrected chi connectivity index (χ2v) is 8.63. The molecule has 0 saturated carbocycles. The molecule has 1 atom stereocenters. The van der Waals surface area contributed by atoms with Gasteiger partial charge in [0, 0.05) is 17.7 Å². The highest BCUT2D eigenvalue weighted by atomic mass is 16.5. The molecule has 5 rings (SSSR count). The number of hydrogen-bond acceptors (Lipinski definition) is 5. The Balaban J connectivity index is 1.70. The quantitative estimate of drug-likeness (QED) is 0.345. The van der Waals surface area contributed by atoms with Crippen molar-refractivity contribution in [3.63, 3.8) is 0 Å². The molecule has 172 valence electrons. The van der Waals surface area contributed by atoms with Crippen LogP contribution in [0.25, 0.3) is 5.76 Å². The van der Waals surface area contributed by atoms with Gasteiger partial charge in [0.15, 0.2) is 0 Å². The summed E-state index contributed by atoms with van der Waals surface area (Å²) in [6, 6.07) is 17.4. The molecule has 1 saturated heterocycles. The number of carbonyl (C=O) groups is 2. The Hall–Kier alpha value is -4.06. The summed E-state index contributed by atoms with van der Waals surface area (Å²) in [4.78, 5) is 28.1. The minimum absolute atomic E-state index is 0.0623. The van der Waals surface area contributed by atoms with Gasteiger partial charge in [0.05, 0.1) is 25.3 Å². The first-order chi connectivity index (χ1) is 16.4. The summed E-state index contributed by atoms with van der Waals surface area (Å²) >= 11 is 0. The average molecular weight is 456 g/mol. The first kappa shape index (κ1) is 21.8. The molecule has 3 aromatic carbocycles. The average Bonchev–Trinajstić information content (AvgIpc) is 3.42. The van der Waals surface area contributed by atoms with E-state index in [2.05, 4.69) is 0 Å². The zero-order chi connectivity index (χ0) is 24.0. The Morgan fingerprint density at radius 2 is 1.76 bits per heavy atom. The third-order valence-electron chi connectivity index (χ3n) is 6.61. The van der Waals surface area contributed by atoms with Crippen LogP contribution in [-0.4, -0.2) is 30.5 Å². The zero-order valence-electron chi connectivity index (χ0n) is 19.3. The van der Waals surface area contributed by atoms with Crippen molar-refractivity contribution in [1.82, 2.24) is 0 Å². The van der Waals surface area contributed by atoms with Gasteiger partial charge in [0.1, 0.15) is 17.3 Å². The lowest BCUT2D eigenvalue weighted by Gasteiger charge is -2.26. The maximum atomic E-state index is 13.3. The van der Waals surface area contributed by atoms with Crippen LogP contribution in [-0.2, 0) is 16.0 Å². The predicted octanol–water partition coefficient (Wildman–Crippen LogP) is 4.87. The molecule has 2 aliphatic rings. The molecule has 0 spiro atoms. The number of fused-ring (bicyclic) bond motifs is 1. The highest BCUT2D eigenvalue weighted by Gasteiger charge is 2.47. The van der Waals surface area contributed by atoms with Crippen molar-refractivity contribution in [2.24, 2.45) is 0 Å². The number of amides is 1. The van der Waals surface area contributed by atoms with Gasteiger partial charge in [0.2, 0.25) is 0 Å². The Morgan fingerprint density at radius 3 is 2.47 bits per heavy atom. The molecule has 3 aromatic rings. The van der Waals surface area contributed by atoms with Crippen LogP contribution in [0.2, 0.25) is 0 Å². The molecular weight excluding hydrogens is 430 g/mol. The number of aliphatic hydroxyl groups excluding tert-OH is 1. The van der Waals surface area contributed by atoms with Crippen LogP contribution in [0.3, 0.4) is 0 Å². The lowest BCUT2D eigenvalue weighted by Crippen LogP contribution is -2.29. The summed E-state index contributed by atoms with van der Waals surface area (Å²) in [6.45, 7) is 4.54. The normalized spacial score (nSPS) is 18.7. The largest absolute Gasteiger partial charge is 0.507 e. The fraction of sp³-hybridized carbons (Fsp3) is 0.214. The van der Waals surface area contributed by atoms with Gasteiger partial charge < -0.3 is 14.6 Å². The van der Waals surface area contributed by atoms with Gasteiger partial charge in [-0.2, -0.15) is 0 Å². The lowest BCUT2D eigenvalue weighted by molar-refractivity contribution is -0.132. The van der Waals surface area contributed by atoms with Crippen molar-refractivity contribution in [3.05, 3.63) is 94.1 Å². The third-order valence-corrected chi connectivity index (χ3v) is 6.61. The monoisotopic (exact) mass is 455 g/mol. The number of methoxy groups -OCH3 is 1. The standard InChI is InChI=1S/C28H25NO5/c1-16-4-8-21(14-17(16)2)29-25(18-5-9-22(33-3)10-6-18)24(27(31)28(29)32)26(30)20-7-11-23-19(15-20)12-13-34-23/h4-11,14-15,25,30H,12-13H2,1-3H3/b26-24-. The van der Waals surface area contributed by atoms with Crippen LogP contribution in [0.4, 0.5) is 5.69 Å². The Kier molecular flexibility index (Phi) is 5.36. The van der Waals surface area contributed by atoms with Crippen molar-refractivity contribution < 1.29 is 24.2 Å². The summed E-state index contributed by atoms with van der Waals surface area (Å²) in [5, 5.41) is 11.4. The van der Waals surface area contributed by atoms with Crippen molar-refractivity contribution in [2.75, 3.05) is 18.6 Å². The SMILES string of the molecule is COc1ccc(C2/C(=C(/O)c3ccc4c(c3)CCO4)C(=O)C(=O)N2c2ccc(C)c(C)c2)cc1. The van der Waals surface area contributed by atoms with Gasteiger partial charge in [-0.15, -0.1) is 0 Å². The number of carbonyl (C=O) groups excluding carboxylic acids is 2. The first-order valence-electron chi connectivity index (χ1n) is 11.2. The number of aryl methyl sites for hydroxylation is 2. The molecule has 2 heterocycles. The van der Waals surface area contributed by atoms with Gasteiger partial charge in [-0.05, 0) is 78.6 Å². The van der Waals surface area contributed by atoms with Crippen molar-refractivity contribution in [1.29, 1.82) is 0 Å². The molecule has 0 aliphatic carbocycles. The van der Waals surface area contributed by atoms with E-state index in [4.69, 9.17) is 9.47 Å². The summed E-state index contributed by atoms with van der Waals surface area (Å²) in [5.74, 6) is -0.145. The number of benzene rings is 3. The summed E-state index contributed by atoms with van der Waals surface area (Å²) < 4.78 is 10.8. The molecule has 0 bridgehead atoms. The van der Waals surface area contributed by atoms with Crippen LogP contribution >= 0.6 is 0 Å². The number of hydrogen-bond donors (Lipinski definition) is 1. The Morgan fingerprint density at radius 1 is 1.00 bits per heavy atom. The van der Waals surface area contributed by atoms with Gasteiger partial charge in [-0.1, -0.05) is 18.2 Å². The number of nitrogens with zero attached hydrogens (tertiary/aromatic N) is 1. The molecule has 1 unspecified atom stereocenters. The van der Waals surface area contributed by atoms with Crippen LogP contribution in [0.15, 0.2) is 66.2 Å². The molecule has 6 heteroatoms. The first-order valence-corrected chi connectivity index (χ1v) is 11.2. The third kappa shape index (κ3) is 3.52. The van der Waals surface area contributed by atoms with Crippen LogP contribution in [0.1, 0.15) is 33.9 Å². The molecule has 6 nitrogen and oxygen atoms in total. The van der Waals surface area contributed by atoms with Crippen LogP contribution < -0.4 is 14.4 Å². The maximum Gasteiger partial charge on any atom is 0.300 e. The van der Waals surface area contributed by atoms with Crippen molar-refractivity contribution in [2.45, 2.75) is 26.3 Å². The highest BCUT2D eigenvalue weighted by molar-refractivity contribution is 6.51. The van der Waals surface area contributed by atoms with E-state index >= 15 is 0 Å². The van der Waals surface area contributed by atoms with E-state index in [9.17, 15) is 14.7 Å². The van der Waals surface area contributed by atoms with E-state index in [1.807, 2.05) is 50.2 Å². The van der Waals surface area contributed by atoms with Gasteiger partial charge >= 0.3 is 0 Å². The summed E-state index contributed by atoms with van der Waals surface area (Å²) in [5.41, 5.74) is 4.91. The molecule has 0 radical (unpaired) electrons. The number of ether oxygens (including phenoxy) is 2. The Labute approximate surface area is 198 Å². The molecular formula is C28H25NO5. The fourth-order valence-corrected chi connectivity index (χ4v) is 4.57. The summed E-state index contributed by atoms with van der Waals surface area (Å²) in [6.07, 6.45) is 0.731. The van der Waals surface area contributed by atoms with E-state index in [1.165, 1.54) is 4.90 Å². The van der Waals surface area contributed by atoms with Crippen molar-refractivity contribution in [3.8, 4) is 11.5 Å². The molecule has 1 N–H and O–H groups in total. The highest BCUT2D eigenvalue weighted by Crippen LogP contribution is 2.43. The number of Topliss-reactive ketones (excluding diaryl/α,β-unsaturated/α-hetero) is 1. The van der Waals surface area contributed by atoms with Crippen LogP contribution in [0.5, 0.6) is 11.5 Å². The number of anilines is 1. The van der Waals surface area contributed by atoms with Gasteiger partial charge in [-0.3, -0.25) is 14.5 Å². The molecule has 34 heavy (non-hydrogen) atoms. The second-order valence-electron chi connectivity index (χ2n) is 8.63. The fourth-order valence-electron chi connectivity index (χ4n) is 4.57. The zero-order valence-corrected chi connectivity index (χ0v) is 19.3. The van der Waals surface area contributed by atoms with E-state index in [1.54, 1.807) is 31.4 Å². The van der Waals surface area contributed by atoms with E-state index in [-0.39, 0.29) is 11.3 Å². The second kappa shape index (κ2) is 8.37. The van der Waals surface area contributed by atoms with E-state index in [0.29, 0.717) is 29.2 Å².